The van der Waals surface area contributed by atoms with Gasteiger partial charge in [0.1, 0.15) is 5.69 Å². The van der Waals surface area contributed by atoms with E-state index in [1.54, 1.807) is 6.20 Å². The molecule has 1 unspecified atom stereocenters. The Labute approximate surface area is 171 Å². The molecule has 3 fully saturated rings. The van der Waals surface area contributed by atoms with E-state index in [4.69, 9.17) is 4.52 Å². The molecule has 2 aliphatic heterocycles. The molecule has 1 atom stereocenters. The molecule has 7 nitrogen and oxygen atoms in total. The van der Waals surface area contributed by atoms with Crippen LogP contribution in [-0.2, 0) is 4.79 Å². The number of likely N-dealkylation sites (tertiary alicyclic amines) is 2. The Morgan fingerprint density at radius 2 is 1.97 bits per heavy atom. The van der Waals surface area contributed by atoms with E-state index in [1.807, 2.05) is 18.2 Å². The second-order valence-corrected chi connectivity index (χ2v) is 9.59. The predicted molar refractivity (Wildman–Crippen MR) is 108 cm³/mol. The topological polar surface area (TPSA) is 75.4 Å². The SMILES string of the molecule is CN1CC2(CC1c1noc(-c3ccccn3)n1)CN(C(=O)C1(C)CCCCC1)C2. The Balaban J connectivity index is 1.25. The molecular weight excluding hydrogens is 366 g/mol. The molecule has 154 valence electrons. The van der Waals surface area contributed by atoms with Crippen LogP contribution in [0, 0.1) is 10.8 Å². The number of pyridine rings is 1. The van der Waals surface area contributed by atoms with Crippen LogP contribution >= 0.6 is 0 Å². The fourth-order valence-corrected chi connectivity index (χ4v) is 5.59. The van der Waals surface area contributed by atoms with Crippen molar-refractivity contribution in [2.75, 3.05) is 26.7 Å². The summed E-state index contributed by atoms with van der Waals surface area (Å²) in [6, 6.07) is 5.78. The first-order chi connectivity index (χ1) is 14.0. The molecule has 0 bridgehead atoms. The number of carbonyl (C=O) groups is 1. The quantitative estimate of drug-likeness (QED) is 0.794. The molecule has 2 aromatic rings. The van der Waals surface area contributed by atoms with Crippen molar-refractivity contribution in [3.05, 3.63) is 30.2 Å². The maximum atomic E-state index is 13.1. The van der Waals surface area contributed by atoms with Crippen molar-refractivity contribution in [1.82, 2.24) is 24.9 Å². The summed E-state index contributed by atoms with van der Waals surface area (Å²) in [6.45, 7) is 4.84. The molecule has 5 rings (SSSR count). The smallest absolute Gasteiger partial charge is 0.276 e. The van der Waals surface area contributed by atoms with E-state index in [1.165, 1.54) is 19.3 Å². The van der Waals surface area contributed by atoms with Crippen molar-refractivity contribution in [1.29, 1.82) is 0 Å². The van der Waals surface area contributed by atoms with Gasteiger partial charge in [-0.3, -0.25) is 14.7 Å². The molecule has 1 spiro atoms. The van der Waals surface area contributed by atoms with Gasteiger partial charge in [0.25, 0.3) is 5.89 Å². The van der Waals surface area contributed by atoms with Crippen molar-refractivity contribution in [2.45, 2.75) is 51.5 Å². The minimum Gasteiger partial charge on any atom is -0.341 e. The van der Waals surface area contributed by atoms with Gasteiger partial charge in [-0.25, -0.2) is 0 Å². The van der Waals surface area contributed by atoms with Crippen molar-refractivity contribution in [3.8, 4) is 11.6 Å². The standard InChI is InChI=1S/C22H29N5O2/c1-21(9-5-3-6-10-21)20(28)27-14-22(15-27)12-17(26(2)13-22)18-24-19(29-25-18)16-8-4-7-11-23-16/h4,7-8,11,17H,3,5-6,9-10,12-15H2,1-2H3. The van der Waals surface area contributed by atoms with Gasteiger partial charge in [0.05, 0.1) is 6.04 Å². The van der Waals surface area contributed by atoms with Gasteiger partial charge in [-0.2, -0.15) is 4.98 Å². The zero-order valence-corrected chi connectivity index (χ0v) is 17.3. The minimum absolute atomic E-state index is 0.124. The summed E-state index contributed by atoms with van der Waals surface area (Å²) in [6.07, 6.45) is 8.40. The van der Waals surface area contributed by atoms with Crippen molar-refractivity contribution >= 4 is 5.91 Å². The van der Waals surface area contributed by atoms with Gasteiger partial charge < -0.3 is 9.42 Å². The second-order valence-electron chi connectivity index (χ2n) is 9.59. The highest BCUT2D eigenvalue weighted by Gasteiger charge is 2.55. The monoisotopic (exact) mass is 395 g/mol. The Bertz CT molecular complexity index is 884. The summed E-state index contributed by atoms with van der Waals surface area (Å²) in [4.78, 5) is 26.4. The Morgan fingerprint density at radius 3 is 2.69 bits per heavy atom. The third-order valence-electron chi connectivity index (χ3n) is 7.18. The first kappa shape index (κ1) is 18.7. The van der Waals surface area contributed by atoms with Gasteiger partial charge in [0.2, 0.25) is 5.91 Å². The van der Waals surface area contributed by atoms with E-state index in [0.717, 1.165) is 38.9 Å². The van der Waals surface area contributed by atoms with Gasteiger partial charge in [0.15, 0.2) is 5.82 Å². The summed E-state index contributed by atoms with van der Waals surface area (Å²) in [5.74, 6) is 1.55. The van der Waals surface area contributed by atoms with Crippen LogP contribution in [0.4, 0.5) is 0 Å². The normalized spacial score (nSPS) is 25.9. The lowest BCUT2D eigenvalue weighted by atomic mass is 9.71. The molecule has 1 amide bonds. The van der Waals surface area contributed by atoms with Gasteiger partial charge in [0, 0.05) is 36.7 Å². The number of hydrogen-bond acceptors (Lipinski definition) is 6. The largest absolute Gasteiger partial charge is 0.341 e. The Morgan fingerprint density at radius 1 is 1.17 bits per heavy atom. The molecule has 1 saturated carbocycles. The highest BCUT2D eigenvalue weighted by molar-refractivity contribution is 5.83. The van der Waals surface area contributed by atoms with E-state index in [9.17, 15) is 4.79 Å². The Hall–Kier alpha value is -2.28. The zero-order chi connectivity index (χ0) is 20.1. The van der Waals surface area contributed by atoms with Crippen LogP contribution in [0.1, 0.15) is 57.3 Å². The average Bonchev–Trinajstić information content (AvgIpc) is 3.32. The number of rotatable bonds is 3. The lowest BCUT2D eigenvalue weighted by Crippen LogP contribution is -2.62. The number of hydrogen-bond donors (Lipinski definition) is 0. The van der Waals surface area contributed by atoms with Crippen molar-refractivity contribution in [2.24, 2.45) is 10.8 Å². The van der Waals surface area contributed by atoms with Crippen LogP contribution in [0.25, 0.3) is 11.6 Å². The summed E-state index contributed by atoms with van der Waals surface area (Å²) < 4.78 is 5.47. The number of carbonyl (C=O) groups excluding carboxylic acids is 1. The molecule has 0 aromatic carbocycles. The molecule has 2 aromatic heterocycles. The van der Waals surface area contributed by atoms with Crippen LogP contribution in [0.3, 0.4) is 0 Å². The molecule has 29 heavy (non-hydrogen) atoms. The lowest BCUT2D eigenvalue weighted by molar-refractivity contribution is -0.155. The number of aromatic nitrogens is 3. The van der Waals surface area contributed by atoms with Gasteiger partial charge in [-0.1, -0.05) is 37.4 Å². The van der Waals surface area contributed by atoms with Gasteiger partial charge >= 0.3 is 0 Å². The third kappa shape index (κ3) is 3.25. The van der Waals surface area contributed by atoms with E-state index < -0.39 is 0 Å². The summed E-state index contributed by atoms with van der Waals surface area (Å²) >= 11 is 0. The van der Waals surface area contributed by atoms with Gasteiger partial charge in [-0.05, 0) is 38.4 Å². The maximum absolute atomic E-state index is 13.1. The van der Waals surface area contributed by atoms with Crippen LogP contribution < -0.4 is 0 Å². The maximum Gasteiger partial charge on any atom is 0.276 e. The first-order valence-corrected chi connectivity index (χ1v) is 10.7. The molecule has 1 aliphatic carbocycles. The number of amides is 1. The molecule has 0 radical (unpaired) electrons. The highest BCUT2D eigenvalue weighted by Crippen LogP contribution is 2.49. The number of nitrogens with zero attached hydrogens (tertiary/aromatic N) is 5. The molecule has 2 saturated heterocycles. The van der Waals surface area contributed by atoms with Gasteiger partial charge in [-0.15, -0.1) is 0 Å². The fraction of sp³-hybridized carbons (Fsp3) is 0.636. The summed E-state index contributed by atoms with van der Waals surface area (Å²) in [7, 11) is 2.11. The molecule has 3 aliphatic rings. The molecular formula is C22H29N5O2. The van der Waals surface area contributed by atoms with Crippen molar-refractivity contribution in [3.63, 3.8) is 0 Å². The van der Waals surface area contributed by atoms with E-state index in [0.29, 0.717) is 23.3 Å². The summed E-state index contributed by atoms with van der Waals surface area (Å²) in [5.41, 5.74) is 0.712. The average molecular weight is 396 g/mol. The van der Waals surface area contributed by atoms with E-state index in [2.05, 4.69) is 38.9 Å². The molecule has 0 N–H and O–H groups in total. The second kappa shape index (κ2) is 6.90. The van der Waals surface area contributed by atoms with Crippen LogP contribution in [0.2, 0.25) is 0 Å². The Kier molecular flexibility index (Phi) is 4.46. The molecule has 4 heterocycles. The zero-order valence-electron chi connectivity index (χ0n) is 17.3. The predicted octanol–water partition coefficient (Wildman–Crippen LogP) is 3.31. The highest BCUT2D eigenvalue weighted by atomic mass is 16.5. The van der Waals surface area contributed by atoms with Crippen LogP contribution in [0.5, 0.6) is 0 Å². The lowest BCUT2D eigenvalue weighted by Gasteiger charge is -2.51. The van der Waals surface area contributed by atoms with E-state index >= 15 is 0 Å². The minimum atomic E-state index is -0.144. The molecule has 7 heteroatoms. The van der Waals surface area contributed by atoms with Crippen LogP contribution in [0.15, 0.2) is 28.9 Å². The van der Waals surface area contributed by atoms with Crippen molar-refractivity contribution < 1.29 is 9.32 Å². The van der Waals surface area contributed by atoms with E-state index in [-0.39, 0.29) is 16.9 Å². The van der Waals surface area contributed by atoms with Crippen LogP contribution in [-0.4, -0.2) is 57.5 Å². The fourth-order valence-electron chi connectivity index (χ4n) is 5.59. The summed E-state index contributed by atoms with van der Waals surface area (Å²) in [5, 5.41) is 4.24. The third-order valence-corrected chi connectivity index (χ3v) is 7.18. The first-order valence-electron chi connectivity index (χ1n) is 10.7.